The molecule has 0 amide bonds. The minimum atomic E-state index is -0.266. The van der Waals surface area contributed by atoms with Crippen LogP contribution in [-0.4, -0.2) is 18.6 Å². The Labute approximate surface area is 110 Å². The van der Waals surface area contributed by atoms with Gasteiger partial charge in [0.1, 0.15) is 11.6 Å². The summed E-state index contributed by atoms with van der Waals surface area (Å²) >= 11 is 1.54. The molecule has 0 aliphatic heterocycles. The molecule has 0 radical (unpaired) electrons. The molecule has 0 saturated carbocycles. The van der Waals surface area contributed by atoms with Gasteiger partial charge in [-0.25, -0.2) is 4.39 Å². The summed E-state index contributed by atoms with van der Waals surface area (Å²) in [5, 5.41) is 3.33. The van der Waals surface area contributed by atoms with Crippen LogP contribution in [0.1, 0.15) is 23.4 Å². The number of aromatic nitrogens is 1. The molecule has 0 aliphatic carbocycles. The van der Waals surface area contributed by atoms with E-state index in [-0.39, 0.29) is 11.9 Å². The van der Waals surface area contributed by atoms with Crippen molar-refractivity contribution in [2.24, 2.45) is 0 Å². The molecule has 18 heavy (non-hydrogen) atoms. The SMILES string of the molecule is CCNC(c1cncs1)c1cc(F)ccc1OC. The number of thiazole rings is 1. The Bertz CT molecular complexity index is 502. The van der Waals surface area contributed by atoms with Crippen molar-refractivity contribution in [1.82, 2.24) is 10.3 Å². The highest BCUT2D eigenvalue weighted by Crippen LogP contribution is 2.32. The third kappa shape index (κ3) is 2.68. The molecule has 2 aromatic rings. The maximum atomic E-state index is 13.4. The highest BCUT2D eigenvalue weighted by atomic mass is 32.1. The molecule has 0 fully saturated rings. The monoisotopic (exact) mass is 266 g/mol. The molecule has 96 valence electrons. The molecule has 1 aromatic carbocycles. The first-order valence-corrected chi connectivity index (χ1v) is 6.59. The molecule has 0 bridgehead atoms. The Hall–Kier alpha value is -1.46. The molecule has 3 nitrogen and oxygen atoms in total. The second-order valence-corrected chi connectivity index (χ2v) is 4.70. The van der Waals surface area contributed by atoms with Crippen molar-refractivity contribution >= 4 is 11.3 Å². The van der Waals surface area contributed by atoms with Crippen molar-refractivity contribution in [3.63, 3.8) is 0 Å². The smallest absolute Gasteiger partial charge is 0.124 e. The van der Waals surface area contributed by atoms with Crippen LogP contribution in [0.3, 0.4) is 0 Å². The van der Waals surface area contributed by atoms with Gasteiger partial charge in [-0.3, -0.25) is 4.98 Å². The minimum Gasteiger partial charge on any atom is -0.496 e. The van der Waals surface area contributed by atoms with Crippen molar-refractivity contribution in [2.45, 2.75) is 13.0 Å². The van der Waals surface area contributed by atoms with E-state index < -0.39 is 0 Å². The molecule has 1 aromatic heterocycles. The quantitative estimate of drug-likeness (QED) is 0.903. The standard InChI is InChI=1S/C13H15FN2OS/c1-3-16-13(12-7-15-8-18-12)10-6-9(14)4-5-11(10)17-2/h4-8,13,16H,3H2,1-2H3. The number of halogens is 1. The normalized spacial score (nSPS) is 12.4. The summed E-state index contributed by atoms with van der Waals surface area (Å²) in [4.78, 5) is 5.12. The summed E-state index contributed by atoms with van der Waals surface area (Å²) in [5.41, 5.74) is 2.56. The van der Waals surface area contributed by atoms with Gasteiger partial charge >= 0.3 is 0 Å². The van der Waals surface area contributed by atoms with Gasteiger partial charge < -0.3 is 10.1 Å². The van der Waals surface area contributed by atoms with Gasteiger partial charge in [-0.05, 0) is 24.7 Å². The molecule has 1 heterocycles. The van der Waals surface area contributed by atoms with Crippen LogP contribution in [0.25, 0.3) is 0 Å². The van der Waals surface area contributed by atoms with Crippen molar-refractivity contribution < 1.29 is 9.13 Å². The van der Waals surface area contributed by atoms with Crippen LogP contribution in [-0.2, 0) is 0 Å². The van der Waals surface area contributed by atoms with E-state index in [2.05, 4.69) is 10.3 Å². The fourth-order valence-electron chi connectivity index (χ4n) is 1.87. The molecule has 0 aliphatic rings. The zero-order chi connectivity index (χ0) is 13.0. The first-order chi connectivity index (χ1) is 8.76. The number of benzene rings is 1. The van der Waals surface area contributed by atoms with Crippen LogP contribution in [0.5, 0.6) is 5.75 Å². The summed E-state index contributed by atoms with van der Waals surface area (Å²) < 4.78 is 18.7. The maximum Gasteiger partial charge on any atom is 0.124 e. The van der Waals surface area contributed by atoms with Crippen LogP contribution in [0.2, 0.25) is 0 Å². The third-order valence-electron chi connectivity index (χ3n) is 2.65. The minimum absolute atomic E-state index is 0.0897. The third-order valence-corrected chi connectivity index (χ3v) is 3.49. The zero-order valence-corrected chi connectivity index (χ0v) is 11.1. The van der Waals surface area contributed by atoms with Crippen LogP contribution < -0.4 is 10.1 Å². The Morgan fingerprint density at radius 1 is 1.50 bits per heavy atom. The molecule has 1 atom stereocenters. The lowest BCUT2D eigenvalue weighted by molar-refractivity contribution is 0.403. The molecule has 1 unspecified atom stereocenters. The number of nitrogens with one attached hydrogen (secondary N) is 1. The van der Waals surface area contributed by atoms with Crippen molar-refractivity contribution in [2.75, 3.05) is 13.7 Å². The number of ether oxygens (including phenoxy) is 1. The van der Waals surface area contributed by atoms with Gasteiger partial charge in [0, 0.05) is 16.6 Å². The fourth-order valence-corrected chi connectivity index (χ4v) is 2.58. The van der Waals surface area contributed by atoms with E-state index in [0.717, 1.165) is 17.0 Å². The van der Waals surface area contributed by atoms with E-state index >= 15 is 0 Å². The van der Waals surface area contributed by atoms with Crippen LogP contribution in [0.15, 0.2) is 29.9 Å². The highest BCUT2D eigenvalue weighted by molar-refractivity contribution is 7.09. The molecule has 1 N–H and O–H groups in total. The van der Waals surface area contributed by atoms with E-state index in [1.807, 2.05) is 6.92 Å². The van der Waals surface area contributed by atoms with Crippen molar-refractivity contribution in [3.8, 4) is 5.75 Å². The van der Waals surface area contributed by atoms with Gasteiger partial charge in [0.25, 0.3) is 0 Å². The Balaban J connectivity index is 2.45. The number of methoxy groups -OCH3 is 1. The van der Waals surface area contributed by atoms with E-state index in [1.165, 1.54) is 23.5 Å². The Morgan fingerprint density at radius 3 is 2.94 bits per heavy atom. The maximum absolute atomic E-state index is 13.4. The van der Waals surface area contributed by atoms with Crippen molar-refractivity contribution in [1.29, 1.82) is 0 Å². The lowest BCUT2D eigenvalue weighted by Crippen LogP contribution is -2.21. The fraction of sp³-hybridized carbons (Fsp3) is 0.308. The topological polar surface area (TPSA) is 34.2 Å². The highest BCUT2D eigenvalue weighted by Gasteiger charge is 2.19. The van der Waals surface area contributed by atoms with Gasteiger partial charge in [-0.1, -0.05) is 6.92 Å². The van der Waals surface area contributed by atoms with E-state index in [1.54, 1.807) is 24.9 Å². The van der Waals surface area contributed by atoms with Gasteiger partial charge in [0.15, 0.2) is 0 Å². The number of hydrogen-bond acceptors (Lipinski definition) is 4. The summed E-state index contributed by atoms with van der Waals surface area (Å²) in [5.74, 6) is 0.411. The molecule has 0 spiro atoms. The first-order valence-electron chi connectivity index (χ1n) is 5.71. The summed E-state index contributed by atoms with van der Waals surface area (Å²) in [6, 6.07) is 4.47. The molecular weight excluding hydrogens is 251 g/mol. The number of rotatable bonds is 5. The Morgan fingerprint density at radius 2 is 2.33 bits per heavy atom. The van der Waals surface area contributed by atoms with E-state index in [0.29, 0.717) is 5.75 Å². The summed E-state index contributed by atoms with van der Waals surface area (Å²) in [6.07, 6.45) is 1.79. The molecule has 5 heteroatoms. The number of nitrogens with zero attached hydrogens (tertiary/aromatic N) is 1. The van der Waals surface area contributed by atoms with E-state index in [4.69, 9.17) is 4.74 Å². The van der Waals surface area contributed by atoms with Crippen molar-refractivity contribution in [3.05, 3.63) is 46.2 Å². The lowest BCUT2D eigenvalue weighted by atomic mass is 10.0. The molecular formula is C13H15FN2OS. The summed E-state index contributed by atoms with van der Waals surface area (Å²) in [7, 11) is 1.59. The average Bonchev–Trinajstić information content (AvgIpc) is 2.89. The van der Waals surface area contributed by atoms with E-state index in [9.17, 15) is 4.39 Å². The van der Waals surface area contributed by atoms with Gasteiger partial charge in [-0.15, -0.1) is 11.3 Å². The molecule has 2 rings (SSSR count). The van der Waals surface area contributed by atoms with Crippen LogP contribution in [0.4, 0.5) is 4.39 Å². The van der Waals surface area contributed by atoms with Gasteiger partial charge in [0.2, 0.25) is 0 Å². The Kier molecular flexibility index (Phi) is 4.28. The lowest BCUT2D eigenvalue weighted by Gasteiger charge is -2.19. The van der Waals surface area contributed by atoms with Gasteiger partial charge in [-0.2, -0.15) is 0 Å². The largest absolute Gasteiger partial charge is 0.496 e. The predicted octanol–water partition coefficient (Wildman–Crippen LogP) is 2.99. The second-order valence-electron chi connectivity index (χ2n) is 3.78. The summed E-state index contributed by atoms with van der Waals surface area (Å²) in [6.45, 7) is 2.79. The van der Waals surface area contributed by atoms with Crippen LogP contribution >= 0.6 is 11.3 Å². The number of hydrogen-bond donors (Lipinski definition) is 1. The average molecular weight is 266 g/mol. The molecule has 0 saturated heterocycles. The predicted molar refractivity (Wildman–Crippen MR) is 70.6 cm³/mol. The second kappa shape index (κ2) is 5.93. The van der Waals surface area contributed by atoms with Gasteiger partial charge in [0.05, 0.1) is 18.7 Å². The first kappa shape index (κ1) is 13.0. The van der Waals surface area contributed by atoms with Crippen LogP contribution in [0, 0.1) is 5.82 Å². The zero-order valence-electron chi connectivity index (χ0n) is 10.3.